The predicted octanol–water partition coefficient (Wildman–Crippen LogP) is -4.58. The summed E-state index contributed by atoms with van der Waals surface area (Å²) in [6.07, 6.45) is 0. The smallest absolute Gasteiger partial charge is 0.268 e. The molecule has 712 valence electrons. The fraction of sp³-hybridized carbons (Fsp3) is 1.00. The molecule has 0 saturated heterocycles. The van der Waals surface area contributed by atoms with Crippen molar-refractivity contribution < 1.29 is 292 Å². The van der Waals surface area contributed by atoms with Crippen LogP contribution < -0.4 is 68.5 Å². The third-order valence-corrected chi connectivity index (χ3v) is 21.2. The molecule has 20 unspecified atom stereocenters. The van der Waals surface area contributed by atoms with E-state index in [1.165, 1.54) is 27.7 Å². The van der Waals surface area contributed by atoms with Crippen LogP contribution in [0.3, 0.4) is 0 Å². The summed E-state index contributed by atoms with van der Waals surface area (Å²) >= 11 is 0. The van der Waals surface area contributed by atoms with Gasteiger partial charge in [0.2, 0.25) is 0 Å². The predicted molar refractivity (Wildman–Crippen MR) is 341 cm³/mol. The highest BCUT2D eigenvalue weighted by molar-refractivity contribution is 7.49. The minimum atomic E-state index is -5.21. The topological polar surface area (TPSA) is 895 Å². The van der Waals surface area contributed by atoms with Crippen LogP contribution in [0.4, 0.5) is 26.3 Å². The number of phosphoric acid groups is 14. The number of aliphatic hydroxyl groups is 1. The van der Waals surface area contributed by atoms with Crippen LogP contribution in [-0.2, 0) is 168 Å². The number of halogens is 6. The molecule has 0 amide bonds. The Morgan fingerprint density at radius 3 is 0.470 bits per heavy atom. The molecular formula is C40H84F6O57P14-14. The molecule has 0 aliphatic carbocycles. The summed E-state index contributed by atoms with van der Waals surface area (Å²) in [4.78, 5) is 194. The lowest BCUT2D eigenvalue weighted by molar-refractivity contribution is -0.238. The minimum Gasteiger partial charge on any atom is -0.756 e. The number of phosphoric ester groups is 14. The van der Waals surface area contributed by atoms with Gasteiger partial charge in [-0.3, -0.25) is 90.3 Å². The fourth-order valence-electron chi connectivity index (χ4n) is 4.66. The van der Waals surface area contributed by atoms with Crippen molar-refractivity contribution in [3.63, 3.8) is 0 Å². The van der Waals surface area contributed by atoms with Crippen LogP contribution in [0.1, 0.15) is 27.7 Å². The Labute approximate surface area is 661 Å². The molecule has 0 aromatic heterocycles. The Morgan fingerprint density at radius 2 is 0.333 bits per heavy atom. The number of hydrogen-bond acceptors (Lipinski definition) is 52. The maximum Gasteiger partial charge on any atom is 0.268 e. The average Bonchev–Trinajstić information content (AvgIpc) is 0.890. The first-order valence-corrected chi connectivity index (χ1v) is 51.5. The summed E-state index contributed by atoms with van der Waals surface area (Å²) in [7, 11) is -68.9. The maximum absolute atomic E-state index is 12.8. The molecule has 0 heterocycles. The normalized spacial score (nSPS) is 20.7. The molecule has 6 N–H and O–H groups in total. The molecular weight excluding hydrogens is 1940 g/mol. The SMILES string of the molecule is CC(CF)COP(=O)([O-])OCCOP(=O)([O-])O.CC(CF)COP(=O)([O-])OCCOP(=O)([O-])O.CC(CF)COP(=O)([O-])OCCOP(=O)([O-])O.CC(CF)COP(=O)([O-])OCCOP(=O)([O-])O.O=P([O-])(O)OCC(CF)COP(=O)([O-])OCCOP(=O)([O-])OCCOP(=O)([O-])OCCOP(=O)([O-])OCCOP(=O)([O-])OCC(CO)CF. The van der Waals surface area contributed by atoms with E-state index in [-0.39, 0.29) is 26.4 Å². The molecule has 20 atom stereocenters. The minimum absolute atomic E-state index is 0.377. The Bertz CT molecular complexity index is 3090. The zero-order valence-corrected chi connectivity index (χ0v) is 73.2. The van der Waals surface area contributed by atoms with E-state index in [9.17, 15) is 159 Å². The highest BCUT2D eigenvalue weighted by atomic mass is 31.2. The van der Waals surface area contributed by atoms with Gasteiger partial charge in [-0.2, -0.15) is 0 Å². The molecule has 0 spiro atoms. The van der Waals surface area contributed by atoms with Gasteiger partial charge in [0.15, 0.2) is 0 Å². The molecule has 0 aliphatic rings. The van der Waals surface area contributed by atoms with Gasteiger partial charge in [-0.1, -0.05) is 27.7 Å². The summed E-state index contributed by atoms with van der Waals surface area (Å²) in [5.74, 6) is -4.99. The number of alkyl halides is 6. The molecule has 0 rings (SSSR count). The molecule has 0 aromatic carbocycles. The molecule has 0 saturated carbocycles. The Kier molecular flexibility index (Phi) is 70.1. The number of aliphatic hydroxyl groups excluding tert-OH is 1. The van der Waals surface area contributed by atoms with Gasteiger partial charge >= 0.3 is 0 Å². The van der Waals surface area contributed by atoms with Gasteiger partial charge in [0.25, 0.3) is 110 Å². The highest BCUT2D eigenvalue weighted by Crippen LogP contribution is 2.47. The monoisotopic (exact) mass is 2020 g/mol. The van der Waals surface area contributed by atoms with Crippen molar-refractivity contribution in [1.29, 1.82) is 0 Å². The van der Waals surface area contributed by atoms with Crippen LogP contribution in [0.25, 0.3) is 0 Å². The average molecular weight is 2020 g/mol. The van der Waals surface area contributed by atoms with Crippen LogP contribution in [0.5, 0.6) is 0 Å². The van der Waals surface area contributed by atoms with Crippen molar-refractivity contribution in [3.8, 4) is 0 Å². The van der Waals surface area contributed by atoms with Gasteiger partial charge in [0.1, 0.15) is 0 Å². The molecule has 0 aromatic rings. The van der Waals surface area contributed by atoms with Crippen molar-refractivity contribution in [1.82, 2.24) is 0 Å². The molecule has 0 radical (unpaired) electrons. The second-order valence-electron chi connectivity index (χ2n) is 21.0. The summed E-state index contributed by atoms with van der Waals surface area (Å²) in [5.41, 5.74) is 0. The zero-order chi connectivity index (χ0) is 91.9. The van der Waals surface area contributed by atoms with Crippen molar-refractivity contribution in [2.24, 2.45) is 35.5 Å². The van der Waals surface area contributed by atoms with E-state index >= 15 is 0 Å². The lowest BCUT2D eigenvalue weighted by atomic mass is 10.2. The third-order valence-electron chi connectivity index (χ3n) is 9.90. The summed E-state index contributed by atoms with van der Waals surface area (Å²) in [6, 6.07) is 0. The second kappa shape index (κ2) is 64.8. The Hall–Kier alpha value is 1.08. The molecule has 77 heteroatoms. The maximum atomic E-state index is 12.8. The van der Waals surface area contributed by atoms with E-state index in [0.29, 0.717) is 0 Å². The summed E-state index contributed by atoms with van der Waals surface area (Å²) < 4.78 is 322. The van der Waals surface area contributed by atoms with E-state index in [1.54, 1.807) is 0 Å². The fourth-order valence-corrected chi connectivity index (χ4v) is 13.1. The Balaban J connectivity index is -0.000000502. The van der Waals surface area contributed by atoms with E-state index in [0.717, 1.165) is 0 Å². The summed E-state index contributed by atoms with van der Waals surface area (Å²) in [6.45, 7) is -17.5. The summed E-state index contributed by atoms with van der Waals surface area (Å²) in [5, 5.41) is 8.76. The number of rotatable bonds is 68. The van der Waals surface area contributed by atoms with Gasteiger partial charge < -0.3 is 202 Å². The first-order valence-electron chi connectivity index (χ1n) is 30.9. The quantitative estimate of drug-likeness (QED) is 0.0190. The van der Waals surface area contributed by atoms with Gasteiger partial charge in [-0.25, -0.2) is 0 Å². The van der Waals surface area contributed by atoms with Crippen LogP contribution in [-0.4, -0.2) is 228 Å². The standard InChI is InChI=1S/C16H38F2O25P6.4C6H15FO8P2/c17-9-15(11-19)12-42-48(29,30)39-7-5-37-46(25,26)35-3-1-33-45(23,24)34-2-4-36-47(27,28)38-6-8-40-49(31,32)43-14-16(10-18)13-41-44(20,21)22;4*1-6(4-7)5-15-17(11,12)14-3-2-13-16(8,9)10/h15-16,19H,1-14H2,(H,23,24)(H,25,26)(H,27,28)(H,29,30)(H,31,32)(H2,20,21,22);4*6H,2-5H2,1H3,(H,11,12)(H2,8,9,10)/p-14. The highest BCUT2D eigenvalue weighted by Gasteiger charge is 2.23. The molecule has 57 nitrogen and oxygen atoms in total. The van der Waals surface area contributed by atoms with Gasteiger partial charge in [-0.05, 0) is 0 Å². The first kappa shape index (κ1) is 127. The largest absolute Gasteiger partial charge is 0.756 e. The second-order valence-corrected chi connectivity index (χ2v) is 39.7. The Morgan fingerprint density at radius 1 is 0.205 bits per heavy atom. The van der Waals surface area contributed by atoms with Gasteiger partial charge in [0, 0.05) is 35.5 Å². The van der Waals surface area contributed by atoms with E-state index in [1.807, 2.05) is 0 Å². The first-order chi connectivity index (χ1) is 53.1. The number of hydrogen-bond donors (Lipinski definition) is 6. The van der Waals surface area contributed by atoms with Crippen molar-refractivity contribution in [3.05, 3.63) is 0 Å². The molecule has 0 aliphatic heterocycles. The van der Waals surface area contributed by atoms with Crippen LogP contribution in [0.2, 0.25) is 0 Å². The lowest BCUT2D eigenvalue weighted by Crippen LogP contribution is -2.21. The lowest BCUT2D eigenvalue weighted by Gasteiger charge is -2.27. The third kappa shape index (κ3) is 93.1. The van der Waals surface area contributed by atoms with E-state index in [2.05, 4.69) is 104 Å². The van der Waals surface area contributed by atoms with Crippen molar-refractivity contribution in [2.75, 3.05) is 199 Å². The molecule has 0 fully saturated rings. The van der Waals surface area contributed by atoms with Crippen molar-refractivity contribution >= 4 is 110 Å². The van der Waals surface area contributed by atoms with Crippen LogP contribution in [0.15, 0.2) is 0 Å². The van der Waals surface area contributed by atoms with Gasteiger partial charge in [0.05, 0.1) is 199 Å². The molecule has 117 heavy (non-hydrogen) atoms. The van der Waals surface area contributed by atoms with Gasteiger partial charge in [-0.15, -0.1) is 0 Å². The van der Waals surface area contributed by atoms with E-state index < -0.39 is 317 Å². The van der Waals surface area contributed by atoms with Crippen molar-refractivity contribution in [2.45, 2.75) is 27.7 Å². The molecule has 0 bridgehead atoms. The van der Waals surface area contributed by atoms with Crippen LogP contribution >= 0.6 is 110 Å². The van der Waals surface area contributed by atoms with E-state index in [4.69, 9.17) is 29.6 Å². The van der Waals surface area contributed by atoms with Crippen LogP contribution in [0, 0.1) is 35.5 Å². The zero-order valence-electron chi connectivity index (χ0n) is 60.7.